The predicted molar refractivity (Wildman–Crippen MR) is 108 cm³/mol. The van der Waals surface area contributed by atoms with Gasteiger partial charge in [-0.05, 0) is 48.6 Å². The Labute approximate surface area is 156 Å². The molecule has 2 atom stereocenters. The van der Waals surface area contributed by atoms with Crippen LogP contribution in [-0.4, -0.2) is 48.3 Å². The van der Waals surface area contributed by atoms with Crippen molar-refractivity contribution in [3.8, 4) is 0 Å². The monoisotopic (exact) mass is 351 g/mol. The Kier molecular flexibility index (Phi) is 4.63. The highest BCUT2D eigenvalue weighted by Gasteiger charge is 2.34. The molecule has 1 saturated heterocycles. The maximum absolute atomic E-state index is 10.8. The van der Waals surface area contributed by atoms with Gasteiger partial charge in [-0.3, -0.25) is 4.90 Å². The van der Waals surface area contributed by atoms with E-state index in [1.54, 1.807) is 0 Å². The highest BCUT2D eigenvalue weighted by Crippen LogP contribution is 2.31. The number of anilines is 2. The number of hydrogen-bond donors (Lipinski definition) is 2. The van der Waals surface area contributed by atoms with Crippen LogP contribution in [0.1, 0.15) is 22.3 Å². The SMILES string of the molecule is Cc1cccc2c1CC(N1CCN(c3c(C)cccc3N)CC1)C(O)C2. The number of aryl methyl sites for hydroxylation is 2. The summed E-state index contributed by atoms with van der Waals surface area (Å²) >= 11 is 0. The van der Waals surface area contributed by atoms with Gasteiger partial charge in [-0.15, -0.1) is 0 Å². The Balaban J connectivity index is 1.48. The van der Waals surface area contributed by atoms with Crippen LogP contribution in [0.5, 0.6) is 0 Å². The van der Waals surface area contributed by atoms with Crippen molar-refractivity contribution >= 4 is 11.4 Å². The zero-order valence-electron chi connectivity index (χ0n) is 15.8. The van der Waals surface area contributed by atoms with Crippen molar-refractivity contribution in [3.05, 3.63) is 58.7 Å². The molecule has 4 nitrogen and oxygen atoms in total. The van der Waals surface area contributed by atoms with Gasteiger partial charge < -0.3 is 15.7 Å². The normalized spacial score (nSPS) is 23.7. The predicted octanol–water partition coefficient (Wildman–Crippen LogP) is 2.54. The second-order valence-corrected chi connectivity index (χ2v) is 7.79. The van der Waals surface area contributed by atoms with Gasteiger partial charge >= 0.3 is 0 Å². The van der Waals surface area contributed by atoms with E-state index in [1.807, 2.05) is 12.1 Å². The van der Waals surface area contributed by atoms with Gasteiger partial charge in [-0.25, -0.2) is 0 Å². The van der Waals surface area contributed by atoms with Crippen LogP contribution in [0.2, 0.25) is 0 Å². The van der Waals surface area contributed by atoms with Gasteiger partial charge in [0.25, 0.3) is 0 Å². The molecule has 0 aromatic heterocycles. The summed E-state index contributed by atoms with van der Waals surface area (Å²) in [6.07, 6.45) is 1.45. The molecular weight excluding hydrogens is 322 g/mol. The fraction of sp³-hybridized carbons (Fsp3) is 0.455. The van der Waals surface area contributed by atoms with Crippen molar-refractivity contribution in [2.45, 2.75) is 38.8 Å². The van der Waals surface area contributed by atoms with E-state index in [0.29, 0.717) is 0 Å². The molecule has 2 aromatic rings. The van der Waals surface area contributed by atoms with Crippen molar-refractivity contribution in [1.29, 1.82) is 0 Å². The highest BCUT2D eigenvalue weighted by atomic mass is 16.3. The summed E-state index contributed by atoms with van der Waals surface area (Å²) in [5.74, 6) is 0. The average molecular weight is 351 g/mol. The van der Waals surface area contributed by atoms with Gasteiger partial charge in [0.2, 0.25) is 0 Å². The van der Waals surface area contributed by atoms with Gasteiger partial charge in [-0.2, -0.15) is 0 Å². The second kappa shape index (κ2) is 6.93. The Morgan fingerprint density at radius 1 is 0.923 bits per heavy atom. The lowest BCUT2D eigenvalue weighted by atomic mass is 9.83. The van der Waals surface area contributed by atoms with Crippen LogP contribution in [0.25, 0.3) is 0 Å². The number of nitrogens with zero attached hydrogens (tertiary/aromatic N) is 2. The van der Waals surface area contributed by atoms with Crippen molar-refractivity contribution in [1.82, 2.24) is 4.90 Å². The maximum atomic E-state index is 10.8. The molecule has 1 aliphatic heterocycles. The molecule has 0 amide bonds. The summed E-state index contributed by atoms with van der Waals surface area (Å²) in [6, 6.07) is 12.8. The van der Waals surface area contributed by atoms with Gasteiger partial charge in [-0.1, -0.05) is 30.3 Å². The number of aliphatic hydroxyl groups is 1. The van der Waals surface area contributed by atoms with Crippen LogP contribution in [0, 0.1) is 13.8 Å². The number of hydrogen-bond acceptors (Lipinski definition) is 4. The molecule has 4 rings (SSSR count). The number of fused-ring (bicyclic) bond motifs is 1. The number of benzene rings is 2. The van der Waals surface area contributed by atoms with E-state index >= 15 is 0 Å². The zero-order chi connectivity index (χ0) is 18.3. The minimum absolute atomic E-state index is 0.222. The van der Waals surface area contributed by atoms with Crippen LogP contribution in [0.15, 0.2) is 36.4 Å². The largest absolute Gasteiger partial charge is 0.397 e. The Bertz CT molecular complexity index is 776. The minimum Gasteiger partial charge on any atom is -0.397 e. The summed E-state index contributed by atoms with van der Waals surface area (Å²) in [4.78, 5) is 4.88. The highest BCUT2D eigenvalue weighted by molar-refractivity contribution is 5.71. The second-order valence-electron chi connectivity index (χ2n) is 7.79. The van der Waals surface area contributed by atoms with Crippen LogP contribution in [-0.2, 0) is 12.8 Å². The van der Waals surface area contributed by atoms with Gasteiger partial charge in [0.05, 0.1) is 17.5 Å². The summed E-state index contributed by atoms with van der Waals surface area (Å²) in [6.45, 7) is 8.17. The Hall–Kier alpha value is -2.04. The lowest BCUT2D eigenvalue weighted by Gasteiger charge is -2.44. The first-order valence-electron chi connectivity index (χ1n) is 9.64. The van der Waals surface area contributed by atoms with Crippen LogP contribution < -0.4 is 10.6 Å². The standard InChI is InChI=1S/C22H29N3O/c1-15-5-3-7-17-13-21(26)20(14-18(15)17)24-9-11-25(12-10-24)22-16(2)6-4-8-19(22)23/h3-8,20-21,26H,9-14,23H2,1-2H3. The van der Waals surface area contributed by atoms with Crippen molar-refractivity contribution < 1.29 is 5.11 Å². The molecule has 2 aliphatic rings. The topological polar surface area (TPSA) is 52.7 Å². The van der Waals surface area contributed by atoms with E-state index < -0.39 is 0 Å². The van der Waals surface area contributed by atoms with Crippen molar-refractivity contribution in [2.24, 2.45) is 0 Å². The molecule has 2 aromatic carbocycles. The van der Waals surface area contributed by atoms with E-state index in [-0.39, 0.29) is 12.1 Å². The summed E-state index contributed by atoms with van der Waals surface area (Å²) in [5, 5.41) is 10.8. The Morgan fingerprint density at radius 2 is 1.62 bits per heavy atom. The third-order valence-electron chi connectivity index (χ3n) is 6.16. The lowest BCUT2D eigenvalue weighted by Crippen LogP contribution is -2.56. The molecule has 138 valence electrons. The Morgan fingerprint density at radius 3 is 2.35 bits per heavy atom. The summed E-state index contributed by atoms with van der Waals surface area (Å²) in [5.41, 5.74) is 13.6. The van der Waals surface area contributed by atoms with Crippen molar-refractivity contribution in [3.63, 3.8) is 0 Å². The number of aliphatic hydroxyl groups excluding tert-OH is 1. The van der Waals surface area contributed by atoms with E-state index in [1.165, 1.54) is 27.9 Å². The third kappa shape index (κ3) is 3.08. The molecule has 1 aliphatic carbocycles. The summed E-state index contributed by atoms with van der Waals surface area (Å²) in [7, 11) is 0. The van der Waals surface area contributed by atoms with Crippen LogP contribution >= 0.6 is 0 Å². The molecule has 0 bridgehead atoms. The molecule has 1 fully saturated rings. The minimum atomic E-state index is -0.278. The average Bonchev–Trinajstić information content (AvgIpc) is 2.62. The maximum Gasteiger partial charge on any atom is 0.0739 e. The fourth-order valence-corrected chi connectivity index (χ4v) is 4.72. The molecule has 3 N–H and O–H groups in total. The number of nitrogen functional groups attached to an aromatic ring is 1. The zero-order valence-corrected chi connectivity index (χ0v) is 15.8. The van der Waals surface area contributed by atoms with E-state index in [0.717, 1.165) is 44.7 Å². The molecule has 26 heavy (non-hydrogen) atoms. The fourth-order valence-electron chi connectivity index (χ4n) is 4.72. The first-order chi connectivity index (χ1) is 12.5. The van der Waals surface area contributed by atoms with E-state index in [4.69, 9.17) is 5.73 Å². The third-order valence-corrected chi connectivity index (χ3v) is 6.16. The molecule has 2 unspecified atom stereocenters. The lowest BCUT2D eigenvalue weighted by molar-refractivity contribution is 0.0394. The number of rotatable bonds is 2. The van der Waals surface area contributed by atoms with E-state index in [2.05, 4.69) is 47.9 Å². The van der Waals surface area contributed by atoms with Crippen LogP contribution in [0.3, 0.4) is 0 Å². The first-order valence-corrected chi connectivity index (χ1v) is 9.64. The van der Waals surface area contributed by atoms with Crippen LogP contribution in [0.4, 0.5) is 11.4 Å². The van der Waals surface area contributed by atoms with Crippen molar-refractivity contribution in [2.75, 3.05) is 36.8 Å². The molecule has 4 heteroatoms. The quantitative estimate of drug-likeness (QED) is 0.817. The van der Waals surface area contributed by atoms with E-state index in [9.17, 15) is 5.11 Å². The molecule has 1 heterocycles. The molecule has 0 radical (unpaired) electrons. The smallest absolute Gasteiger partial charge is 0.0739 e. The number of para-hydroxylation sites is 1. The molecular formula is C22H29N3O. The number of nitrogens with two attached hydrogens (primary N) is 1. The summed E-state index contributed by atoms with van der Waals surface area (Å²) < 4.78 is 0. The molecule has 0 spiro atoms. The first kappa shape index (κ1) is 17.4. The molecule has 0 saturated carbocycles. The van der Waals surface area contributed by atoms with Gasteiger partial charge in [0.15, 0.2) is 0 Å². The number of piperazine rings is 1. The van der Waals surface area contributed by atoms with Gasteiger partial charge in [0, 0.05) is 38.6 Å². The van der Waals surface area contributed by atoms with Gasteiger partial charge in [0.1, 0.15) is 0 Å².